The van der Waals surface area contributed by atoms with Gasteiger partial charge in [0.05, 0.1) is 18.3 Å². The van der Waals surface area contributed by atoms with E-state index in [1.54, 1.807) is 0 Å². The van der Waals surface area contributed by atoms with E-state index in [1.807, 2.05) is 6.07 Å². The number of rotatable bonds is 5. The number of methoxy groups -OCH3 is 1. The summed E-state index contributed by atoms with van der Waals surface area (Å²) in [5.74, 6) is -0.153. The van der Waals surface area contributed by atoms with Crippen LogP contribution in [0.15, 0.2) is 54.6 Å². The maximum Gasteiger partial charge on any atom is 0.305 e. The van der Waals surface area contributed by atoms with Crippen LogP contribution in [0.25, 0.3) is 22.2 Å². The van der Waals surface area contributed by atoms with Crippen molar-refractivity contribution in [2.45, 2.75) is 38.0 Å². The molecule has 1 aromatic heterocycles. The Bertz CT molecular complexity index is 979. The first-order chi connectivity index (χ1) is 12.7. The molecular formula is C23H23NO2. The van der Waals surface area contributed by atoms with E-state index in [-0.39, 0.29) is 11.4 Å². The maximum atomic E-state index is 11.9. The van der Waals surface area contributed by atoms with Crippen molar-refractivity contribution < 1.29 is 9.53 Å². The number of para-hydroxylation sites is 1. The van der Waals surface area contributed by atoms with E-state index in [0.717, 1.165) is 35.9 Å². The zero-order chi connectivity index (χ0) is 18.1. The number of nitrogens with zero attached hydrogens (tertiary/aromatic N) is 1. The van der Waals surface area contributed by atoms with Gasteiger partial charge >= 0.3 is 5.97 Å². The highest BCUT2D eigenvalue weighted by Gasteiger charge is 2.43. The lowest BCUT2D eigenvalue weighted by Crippen LogP contribution is -2.26. The average molecular weight is 345 g/mol. The second kappa shape index (κ2) is 6.56. The summed E-state index contributed by atoms with van der Waals surface area (Å²) in [5, 5.41) is 1.15. The van der Waals surface area contributed by atoms with Gasteiger partial charge in [0.2, 0.25) is 0 Å². The van der Waals surface area contributed by atoms with Crippen molar-refractivity contribution in [3.05, 3.63) is 65.7 Å². The molecule has 3 nitrogen and oxygen atoms in total. The third-order valence-corrected chi connectivity index (χ3v) is 5.60. The Labute approximate surface area is 154 Å². The molecule has 0 bridgehead atoms. The molecule has 3 aromatic rings. The summed E-state index contributed by atoms with van der Waals surface area (Å²) in [4.78, 5) is 16.9. The number of pyridine rings is 1. The highest BCUT2D eigenvalue weighted by molar-refractivity contribution is 5.88. The molecule has 0 saturated heterocycles. The molecule has 1 heterocycles. The predicted molar refractivity (Wildman–Crippen MR) is 104 cm³/mol. The first-order valence-electron chi connectivity index (χ1n) is 9.26. The van der Waals surface area contributed by atoms with Gasteiger partial charge in [0.15, 0.2) is 0 Å². The SMILES string of the molecule is CCCC1(CCC(=O)OC)c2ccccc2-c2nc3ccccc3cc21. The first kappa shape index (κ1) is 16.8. The molecule has 0 saturated carbocycles. The highest BCUT2D eigenvalue weighted by Crippen LogP contribution is 2.53. The normalized spacial score (nSPS) is 17.8. The summed E-state index contributed by atoms with van der Waals surface area (Å²) in [6.45, 7) is 2.20. The molecule has 1 aliphatic rings. The summed E-state index contributed by atoms with van der Waals surface area (Å²) in [7, 11) is 1.46. The molecule has 1 atom stereocenters. The molecule has 1 unspecified atom stereocenters. The average Bonchev–Trinajstić information content (AvgIpc) is 2.95. The third-order valence-electron chi connectivity index (χ3n) is 5.60. The minimum atomic E-state index is -0.175. The van der Waals surface area contributed by atoms with Crippen LogP contribution >= 0.6 is 0 Å². The fourth-order valence-corrected chi connectivity index (χ4v) is 4.45. The van der Waals surface area contributed by atoms with E-state index in [0.29, 0.717) is 6.42 Å². The summed E-state index contributed by atoms with van der Waals surface area (Å²) in [6.07, 6.45) is 3.20. The van der Waals surface area contributed by atoms with Crippen LogP contribution in [0.2, 0.25) is 0 Å². The number of benzene rings is 2. The second-order valence-corrected chi connectivity index (χ2v) is 7.03. The molecule has 0 fully saturated rings. The molecule has 3 heteroatoms. The van der Waals surface area contributed by atoms with Gasteiger partial charge in [-0.2, -0.15) is 0 Å². The van der Waals surface area contributed by atoms with E-state index in [9.17, 15) is 4.79 Å². The van der Waals surface area contributed by atoms with Gasteiger partial charge in [-0.3, -0.25) is 4.79 Å². The van der Waals surface area contributed by atoms with E-state index >= 15 is 0 Å². The maximum absolute atomic E-state index is 11.9. The van der Waals surface area contributed by atoms with Gasteiger partial charge in [-0.25, -0.2) is 4.98 Å². The van der Waals surface area contributed by atoms with Crippen LogP contribution in [0, 0.1) is 0 Å². The molecular weight excluding hydrogens is 322 g/mol. The molecule has 0 radical (unpaired) electrons. The molecule has 1 aliphatic carbocycles. The smallest absolute Gasteiger partial charge is 0.305 e. The minimum absolute atomic E-state index is 0.153. The zero-order valence-electron chi connectivity index (χ0n) is 15.3. The Morgan fingerprint density at radius 3 is 2.62 bits per heavy atom. The molecule has 2 aromatic carbocycles. The summed E-state index contributed by atoms with van der Waals surface area (Å²) >= 11 is 0. The van der Waals surface area contributed by atoms with Gasteiger partial charge in [0.1, 0.15) is 0 Å². The summed E-state index contributed by atoms with van der Waals surface area (Å²) in [6, 6.07) is 19.1. The van der Waals surface area contributed by atoms with Crippen LogP contribution < -0.4 is 0 Å². The zero-order valence-corrected chi connectivity index (χ0v) is 15.3. The fraction of sp³-hybridized carbons (Fsp3) is 0.304. The first-order valence-corrected chi connectivity index (χ1v) is 9.26. The largest absolute Gasteiger partial charge is 0.469 e. The second-order valence-electron chi connectivity index (χ2n) is 7.03. The van der Waals surface area contributed by atoms with Crippen LogP contribution in [0.5, 0.6) is 0 Å². The van der Waals surface area contributed by atoms with E-state index < -0.39 is 0 Å². The van der Waals surface area contributed by atoms with Crippen molar-refractivity contribution in [3.8, 4) is 11.3 Å². The molecule has 0 aliphatic heterocycles. The van der Waals surface area contributed by atoms with Gasteiger partial charge in [-0.1, -0.05) is 55.8 Å². The van der Waals surface area contributed by atoms with Crippen LogP contribution in [-0.4, -0.2) is 18.1 Å². The molecule has 0 N–H and O–H groups in total. The van der Waals surface area contributed by atoms with Gasteiger partial charge in [0.25, 0.3) is 0 Å². The number of aromatic nitrogens is 1. The fourth-order valence-electron chi connectivity index (χ4n) is 4.45. The predicted octanol–water partition coefficient (Wildman–Crippen LogP) is 5.25. The van der Waals surface area contributed by atoms with Crippen molar-refractivity contribution >= 4 is 16.9 Å². The van der Waals surface area contributed by atoms with E-state index in [4.69, 9.17) is 9.72 Å². The number of ether oxygens (including phenoxy) is 1. The van der Waals surface area contributed by atoms with Gasteiger partial charge in [0, 0.05) is 22.8 Å². The minimum Gasteiger partial charge on any atom is -0.469 e. The van der Waals surface area contributed by atoms with Crippen LogP contribution in [0.3, 0.4) is 0 Å². The van der Waals surface area contributed by atoms with Crippen LogP contribution in [0.1, 0.15) is 43.7 Å². The number of hydrogen-bond donors (Lipinski definition) is 0. The lowest BCUT2D eigenvalue weighted by atomic mass is 9.71. The lowest BCUT2D eigenvalue weighted by molar-refractivity contribution is -0.141. The Kier molecular flexibility index (Phi) is 4.23. The van der Waals surface area contributed by atoms with Gasteiger partial charge < -0.3 is 4.74 Å². The number of fused-ring (bicyclic) bond motifs is 4. The number of carbonyl (C=O) groups excluding carboxylic acids is 1. The van der Waals surface area contributed by atoms with Crippen molar-refractivity contribution in [2.24, 2.45) is 0 Å². The number of esters is 1. The number of carbonyl (C=O) groups is 1. The summed E-state index contributed by atoms with van der Waals surface area (Å²) < 4.78 is 4.92. The quantitative estimate of drug-likeness (QED) is 0.593. The molecule has 0 spiro atoms. The Hall–Kier alpha value is -2.68. The number of hydrogen-bond acceptors (Lipinski definition) is 3. The van der Waals surface area contributed by atoms with E-state index in [1.165, 1.54) is 23.8 Å². The van der Waals surface area contributed by atoms with Crippen molar-refractivity contribution in [1.29, 1.82) is 0 Å². The van der Waals surface area contributed by atoms with Crippen molar-refractivity contribution in [3.63, 3.8) is 0 Å². The molecule has 132 valence electrons. The van der Waals surface area contributed by atoms with Crippen molar-refractivity contribution in [2.75, 3.05) is 7.11 Å². The van der Waals surface area contributed by atoms with Crippen LogP contribution in [-0.2, 0) is 14.9 Å². The molecule has 0 amide bonds. The van der Waals surface area contributed by atoms with Crippen molar-refractivity contribution in [1.82, 2.24) is 4.98 Å². The van der Waals surface area contributed by atoms with Crippen LogP contribution in [0.4, 0.5) is 0 Å². The monoisotopic (exact) mass is 345 g/mol. The Balaban J connectivity index is 1.96. The lowest BCUT2D eigenvalue weighted by Gasteiger charge is -2.31. The van der Waals surface area contributed by atoms with Gasteiger partial charge in [-0.15, -0.1) is 0 Å². The Morgan fingerprint density at radius 1 is 1.04 bits per heavy atom. The standard InChI is InChI=1S/C23H23NO2/c1-3-13-23(14-12-21(25)26-2)18-10-6-5-9-17(18)22-19(23)15-16-8-4-7-11-20(16)24-22/h4-11,15H,3,12-14H2,1-2H3. The summed E-state index contributed by atoms with van der Waals surface area (Å²) in [5.41, 5.74) is 5.66. The molecule has 4 rings (SSSR count). The van der Waals surface area contributed by atoms with Gasteiger partial charge in [-0.05, 0) is 36.1 Å². The molecule has 26 heavy (non-hydrogen) atoms. The topological polar surface area (TPSA) is 39.2 Å². The van der Waals surface area contributed by atoms with E-state index in [2.05, 4.69) is 55.5 Å². The Morgan fingerprint density at radius 2 is 1.81 bits per heavy atom. The highest BCUT2D eigenvalue weighted by atomic mass is 16.5. The third kappa shape index (κ3) is 2.50.